The maximum Gasteiger partial charge on any atom is 0.341 e. The number of carbonyl (C=O) groups is 2. The van der Waals surface area contributed by atoms with Crippen LogP contribution >= 0.6 is 0 Å². The Labute approximate surface area is 198 Å². The Hall–Kier alpha value is -4.21. The van der Waals surface area contributed by atoms with Crippen molar-refractivity contribution in [1.82, 2.24) is 14.0 Å². The lowest BCUT2D eigenvalue weighted by molar-refractivity contribution is 0.0523. The number of rotatable bonds is 5. The fraction of sp³-hybridized carbons (Fsp3) is 0.240. The second kappa shape index (κ2) is 9.57. The maximum atomic E-state index is 13.7. The molecule has 0 radical (unpaired) electrons. The fourth-order valence-electron chi connectivity index (χ4n) is 3.69. The Morgan fingerprint density at radius 2 is 1.89 bits per heavy atom. The van der Waals surface area contributed by atoms with Gasteiger partial charge in [-0.1, -0.05) is 19.9 Å². The van der Waals surface area contributed by atoms with E-state index in [1.165, 1.54) is 15.0 Å². The van der Waals surface area contributed by atoms with Gasteiger partial charge in [-0.05, 0) is 49.2 Å². The van der Waals surface area contributed by atoms with E-state index in [0.29, 0.717) is 5.65 Å². The second-order valence-electron chi connectivity index (χ2n) is 8.24. The van der Waals surface area contributed by atoms with Gasteiger partial charge in [0.15, 0.2) is 17.1 Å². The van der Waals surface area contributed by atoms with Gasteiger partial charge in [0.05, 0.1) is 12.0 Å². The van der Waals surface area contributed by atoms with E-state index >= 15 is 0 Å². The zero-order valence-electron chi connectivity index (χ0n) is 19.3. The molecule has 0 aliphatic carbocycles. The summed E-state index contributed by atoms with van der Waals surface area (Å²) in [5.74, 6) is -3.99. The monoisotopic (exact) mass is 480 g/mol. The molecular formula is C25H22F2N4O4. The molecule has 10 heteroatoms. The predicted molar refractivity (Wildman–Crippen MR) is 124 cm³/mol. The summed E-state index contributed by atoms with van der Waals surface area (Å²) in [6.07, 6.45) is 1.56. The van der Waals surface area contributed by atoms with Crippen molar-refractivity contribution in [1.29, 1.82) is 0 Å². The molecule has 4 aromatic rings. The van der Waals surface area contributed by atoms with E-state index in [2.05, 4.69) is 9.98 Å². The third-order valence-corrected chi connectivity index (χ3v) is 5.21. The molecule has 0 fully saturated rings. The highest BCUT2D eigenvalue weighted by Gasteiger charge is 2.21. The number of halogens is 2. The normalized spacial score (nSPS) is 12.0. The Morgan fingerprint density at radius 3 is 2.57 bits per heavy atom. The standard InChI is InChI=1S/C25H22F2N4O4/c1-4-35-25(34)17-12-16-21(28-20-7-5-6-10-30(20)24(16)33)31(13-14(2)3)22(17)29-23(32)15-8-9-18(26)19(27)11-15/h5-12,14H,4,13H2,1-3H3. The first-order chi connectivity index (χ1) is 16.7. The molecule has 0 unspecified atom stereocenters. The third kappa shape index (κ3) is 4.59. The molecule has 1 aromatic carbocycles. The molecule has 0 saturated heterocycles. The molecule has 0 spiro atoms. The van der Waals surface area contributed by atoms with Crippen LogP contribution in [0.5, 0.6) is 0 Å². The van der Waals surface area contributed by atoms with E-state index in [1.807, 2.05) is 13.8 Å². The second-order valence-corrected chi connectivity index (χ2v) is 8.24. The van der Waals surface area contributed by atoms with Crippen LogP contribution in [0.25, 0.3) is 16.7 Å². The van der Waals surface area contributed by atoms with Gasteiger partial charge in [-0.25, -0.2) is 18.6 Å². The molecule has 0 N–H and O–H groups in total. The van der Waals surface area contributed by atoms with Crippen LogP contribution in [0.3, 0.4) is 0 Å². The van der Waals surface area contributed by atoms with Gasteiger partial charge in [-0.3, -0.25) is 14.0 Å². The van der Waals surface area contributed by atoms with Crippen LogP contribution < -0.4 is 11.0 Å². The van der Waals surface area contributed by atoms with E-state index in [-0.39, 0.29) is 46.7 Å². The summed E-state index contributed by atoms with van der Waals surface area (Å²) >= 11 is 0. The van der Waals surface area contributed by atoms with Crippen LogP contribution in [0.2, 0.25) is 0 Å². The quantitative estimate of drug-likeness (QED) is 0.322. The van der Waals surface area contributed by atoms with E-state index in [1.54, 1.807) is 31.3 Å². The summed E-state index contributed by atoms with van der Waals surface area (Å²) in [7, 11) is 0. The van der Waals surface area contributed by atoms with Crippen LogP contribution in [-0.4, -0.2) is 32.4 Å². The van der Waals surface area contributed by atoms with Gasteiger partial charge in [-0.15, -0.1) is 0 Å². The Balaban J connectivity index is 2.12. The number of carbonyl (C=O) groups excluding carboxylic acids is 2. The van der Waals surface area contributed by atoms with Gasteiger partial charge in [0.25, 0.3) is 11.5 Å². The highest BCUT2D eigenvalue weighted by Crippen LogP contribution is 2.14. The van der Waals surface area contributed by atoms with Crippen molar-refractivity contribution < 1.29 is 23.1 Å². The zero-order valence-corrected chi connectivity index (χ0v) is 19.3. The number of nitrogens with zero attached hydrogens (tertiary/aromatic N) is 4. The van der Waals surface area contributed by atoms with Crippen LogP contribution in [0, 0.1) is 17.6 Å². The summed E-state index contributed by atoms with van der Waals surface area (Å²) in [6.45, 7) is 5.74. The van der Waals surface area contributed by atoms with Crippen molar-refractivity contribution in [2.45, 2.75) is 27.3 Å². The molecule has 4 rings (SSSR count). The molecule has 180 valence electrons. The molecule has 3 aromatic heterocycles. The number of benzene rings is 1. The number of amides is 1. The van der Waals surface area contributed by atoms with Gasteiger partial charge in [0.2, 0.25) is 0 Å². The SMILES string of the molecule is CCOC(=O)c1cc2c(=O)n3ccccc3nc2n(CC(C)C)c1=NC(=O)c1ccc(F)c(F)c1. The van der Waals surface area contributed by atoms with Crippen molar-refractivity contribution in [3.05, 3.63) is 87.3 Å². The Kier molecular flexibility index (Phi) is 6.54. The van der Waals surface area contributed by atoms with E-state index < -0.39 is 29.1 Å². The van der Waals surface area contributed by atoms with E-state index in [4.69, 9.17) is 4.74 Å². The molecule has 8 nitrogen and oxygen atoms in total. The van der Waals surface area contributed by atoms with Crippen LogP contribution in [0.1, 0.15) is 41.5 Å². The van der Waals surface area contributed by atoms with Gasteiger partial charge in [-0.2, -0.15) is 4.99 Å². The highest BCUT2D eigenvalue weighted by molar-refractivity contribution is 5.97. The molecule has 0 aliphatic rings. The molecule has 0 aliphatic heterocycles. The minimum atomic E-state index is -1.20. The molecule has 0 saturated carbocycles. The molecule has 0 atom stereocenters. The lowest BCUT2D eigenvalue weighted by Crippen LogP contribution is -2.33. The summed E-state index contributed by atoms with van der Waals surface area (Å²) in [4.78, 5) is 47.8. The topological polar surface area (TPSA) is 95.0 Å². The number of pyridine rings is 2. The van der Waals surface area contributed by atoms with Gasteiger partial charge in [0.1, 0.15) is 16.9 Å². The van der Waals surface area contributed by atoms with Crippen molar-refractivity contribution in [2.75, 3.05) is 6.61 Å². The summed E-state index contributed by atoms with van der Waals surface area (Å²) in [6, 6.07) is 9.02. The molecular weight excluding hydrogens is 458 g/mol. The fourth-order valence-corrected chi connectivity index (χ4v) is 3.69. The number of ether oxygens (including phenoxy) is 1. The van der Waals surface area contributed by atoms with E-state index in [0.717, 1.165) is 18.2 Å². The summed E-state index contributed by atoms with van der Waals surface area (Å²) < 4.78 is 35.1. The number of esters is 1. The smallest absolute Gasteiger partial charge is 0.341 e. The number of fused-ring (bicyclic) bond motifs is 2. The molecule has 1 amide bonds. The van der Waals surface area contributed by atoms with Gasteiger partial charge < -0.3 is 9.30 Å². The lowest BCUT2D eigenvalue weighted by atomic mass is 10.1. The van der Waals surface area contributed by atoms with Crippen molar-refractivity contribution in [2.24, 2.45) is 10.9 Å². The first-order valence-electron chi connectivity index (χ1n) is 11.0. The average Bonchev–Trinajstić information content (AvgIpc) is 2.82. The summed E-state index contributed by atoms with van der Waals surface area (Å²) in [5.41, 5.74) is -0.241. The van der Waals surface area contributed by atoms with Gasteiger partial charge >= 0.3 is 5.97 Å². The Bertz CT molecular complexity index is 1610. The first-order valence-corrected chi connectivity index (χ1v) is 11.0. The van der Waals surface area contributed by atoms with Gasteiger partial charge in [0, 0.05) is 18.3 Å². The highest BCUT2D eigenvalue weighted by atomic mass is 19.2. The van der Waals surface area contributed by atoms with Crippen LogP contribution in [0.15, 0.2) is 58.4 Å². The number of aromatic nitrogens is 3. The van der Waals surface area contributed by atoms with Crippen molar-refractivity contribution >= 4 is 28.6 Å². The predicted octanol–water partition coefficient (Wildman–Crippen LogP) is 3.50. The first kappa shape index (κ1) is 23.9. The van der Waals surface area contributed by atoms with Crippen molar-refractivity contribution in [3.63, 3.8) is 0 Å². The molecule has 3 heterocycles. The minimum absolute atomic E-state index is 0.00369. The van der Waals surface area contributed by atoms with Crippen LogP contribution in [-0.2, 0) is 11.3 Å². The summed E-state index contributed by atoms with van der Waals surface area (Å²) in [5, 5.41) is 0.136. The molecule has 0 bridgehead atoms. The number of hydrogen-bond donors (Lipinski definition) is 0. The van der Waals surface area contributed by atoms with Crippen LogP contribution in [0.4, 0.5) is 8.78 Å². The average molecular weight is 480 g/mol. The van der Waals surface area contributed by atoms with E-state index in [9.17, 15) is 23.2 Å². The zero-order chi connectivity index (χ0) is 25.3. The largest absolute Gasteiger partial charge is 0.462 e. The number of hydrogen-bond acceptors (Lipinski definition) is 5. The Morgan fingerprint density at radius 1 is 1.11 bits per heavy atom. The lowest BCUT2D eigenvalue weighted by Gasteiger charge is -2.16. The maximum absolute atomic E-state index is 13.7. The van der Waals surface area contributed by atoms with Crippen molar-refractivity contribution in [3.8, 4) is 0 Å². The third-order valence-electron chi connectivity index (χ3n) is 5.21. The molecule has 35 heavy (non-hydrogen) atoms. The minimum Gasteiger partial charge on any atom is -0.462 e.